The van der Waals surface area contributed by atoms with Gasteiger partial charge in [-0.1, -0.05) is 31.4 Å². The lowest BCUT2D eigenvalue weighted by atomic mass is 9.95. The van der Waals surface area contributed by atoms with Crippen molar-refractivity contribution in [2.75, 3.05) is 7.11 Å². The van der Waals surface area contributed by atoms with Crippen LogP contribution >= 0.6 is 22.7 Å². The van der Waals surface area contributed by atoms with Crippen molar-refractivity contribution in [2.45, 2.75) is 57.3 Å². The van der Waals surface area contributed by atoms with Gasteiger partial charge in [-0.15, -0.1) is 32.9 Å². The average Bonchev–Trinajstić information content (AvgIpc) is 3.73. The summed E-state index contributed by atoms with van der Waals surface area (Å²) in [7, 11) is 1.61. The summed E-state index contributed by atoms with van der Waals surface area (Å²) in [4.78, 5) is 32.3. The number of aromatic nitrogens is 4. The minimum absolute atomic E-state index is 0.132. The van der Waals surface area contributed by atoms with Crippen LogP contribution in [0.25, 0.3) is 11.4 Å². The molecule has 0 spiro atoms. The van der Waals surface area contributed by atoms with Crippen LogP contribution in [0.5, 0.6) is 5.75 Å². The van der Waals surface area contributed by atoms with Crippen molar-refractivity contribution in [3.05, 3.63) is 69.0 Å². The van der Waals surface area contributed by atoms with Crippen molar-refractivity contribution in [3.63, 3.8) is 0 Å². The number of nitrogens with one attached hydrogen (secondary N) is 1. The molecule has 1 N–H and O–H groups in total. The van der Waals surface area contributed by atoms with E-state index in [4.69, 9.17) is 4.74 Å². The highest BCUT2D eigenvalue weighted by atomic mass is 32.1. The molecule has 9 nitrogen and oxygen atoms in total. The molecule has 1 saturated carbocycles. The van der Waals surface area contributed by atoms with Gasteiger partial charge >= 0.3 is 0 Å². The molecule has 198 valence electrons. The third-order valence-corrected chi connectivity index (χ3v) is 8.41. The first-order chi connectivity index (χ1) is 18.6. The molecular formula is C27H30N6O3S2. The Morgan fingerprint density at radius 2 is 1.84 bits per heavy atom. The number of ether oxygens (including phenoxy) is 1. The molecule has 5 rings (SSSR count). The molecule has 3 aromatic heterocycles. The molecule has 0 bridgehead atoms. The molecule has 1 atom stereocenters. The summed E-state index contributed by atoms with van der Waals surface area (Å²) in [5.74, 6) is 0.741. The number of hydrogen-bond acceptors (Lipinski definition) is 8. The van der Waals surface area contributed by atoms with Gasteiger partial charge < -0.3 is 15.0 Å². The van der Waals surface area contributed by atoms with E-state index in [0.29, 0.717) is 12.4 Å². The van der Waals surface area contributed by atoms with E-state index in [1.165, 1.54) is 22.6 Å². The number of methoxy groups -OCH3 is 1. The van der Waals surface area contributed by atoms with Gasteiger partial charge in [0.1, 0.15) is 18.3 Å². The number of benzene rings is 1. The Balaban J connectivity index is 1.39. The van der Waals surface area contributed by atoms with E-state index in [9.17, 15) is 9.59 Å². The van der Waals surface area contributed by atoms with E-state index in [1.807, 2.05) is 59.3 Å². The molecular weight excluding hydrogens is 520 g/mol. The second kappa shape index (κ2) is 12.3. The second-order valence-corrected chi connectivity index (χ2v) is 11.2. The first-order valence-electron chi connectivity index (χ1n) is 12.7. The van der Waals surface area contributed by atoms with Gasteiger partial charge in [0.05, 0.1) is 13.7 Å². The van der Waals surface area contributed by atoms with E-state index in [1.54, 1.807) is 23.3 Å². The van der Waals surface area contributed by atoms with Gasteiger partial charge in [-0.3, -0.25) is 9.59 Å². The number of carbonyl (C=O) groups is 2. The highest BCUT2D eigenvalue weighted by Crippen LogP contribution is 2.30. The van der Waals surface area contributed by atoms with Crippen LogP contribution in [0.4, 0.5) is 0 Å². The van der Waals surface area contributed by atoms with Gasteiger partial charge in [-0.2, -0.15) is 4.80 Å². The molecule has 0 radical (unpaired) electrons. The minimum atomic E-state index is -0.740. The van der Waals surface area contributed by atoms with Gasteiger partial charge in [0.25, 0.3) is 0 Å². The molecule has 0 saturated heterocycles. The summed E-state index contributed by atoms with van der Waals surface area (Å²) in [5.41, 5.74) is 0.767. The lowest BCUT2D eigenvalue weighted by molar-refractivity contribution is -0.142. The van der Waals surface area contributed by atoms with Crippen molar-refractivity contribution in [3.8, 4) is 17.1 Å². The summed E-state index contributed by atoms with van der Waals surface area (Å²) in [6.07, 6.45) is 5.37. The van der Waals surface area contributed by atoms with Crippen molar-refractivity contribution < 1.29 is 14.3 Å². The van der Waals surface area contributed by atoms with Gasteiger partial charge in [0.15, 0.2) is 0 Å². The second-order valence-electron chi connectivity index (χ2n) is 9.23. The fourth-order valence-electron chi connectivity index (χ4n) is 4.67. The van der Waals surface area contributed by atoms with Gasteiger partial charge in [-0.25, -0.2) is 0 Å². The number of thiophene rings is 2. The molecule has 1 aromatic carbocycles. The van der Waals surface area contributed by atoms with Crippen molar-refractivity contribution in [2.24, 2.45) is 0 Å². The first kappa shape index (κ1) is 26.1. The van der Waals surface area contributed by atoms with Crippen LogP contribution < -0.4 is 10.1 Å². The third-order valence-electron chi connectivity index (χ3n) is 6.63. The number of nitrogens with zero attached hydrogens (tertiary/aromatic N) is 5. The zero-order chi connectivity index (χ0) is 26.3. The standard InChI is InChI=1S/C27H30N6O3S2/c1-36-21-13-11-19(12-14-21)26-29-31-33(30-26)18-24(34)32(17-22-9-5-15-37-22)25(23-10-6-16-38-23)27(35)28-20-7-3-2-4-8-20/h5-6,9-16,20,25H,2-4,7-8,17-18H2,1H3,(H,28,35)/t25-/m1/s1. The Bertz CT molecular complexity index is 1320. The van der Waals surface area contributed by atoms with Gasteiger partial charge in [-0.05, 0) is 65.2 Å². The van der Waals surface area contributed by atoms with Crippen molar-refractivity contribution >= 4 is 34.5 Å². The Labute approximate surface area is 229 Å². The lowest BCUT2D eigenvalue weighted by Crippen LogP contribution is -2.47. The summed E-state index contributed by atoms with van der Waals surface area (Å²) in [6.45, 7) is 0.185. The normalized spacial score (nSPS) is 14.7. The van der Waals surface area contributed by atoms with Crippen LogP contribution in [-0.4, -0.2) is 50.1 Å². The van der Waals surface area contributed by atoms with E-state index in [2.05, 4.69) is 20.7 Å². The summed E-state index contributed by atoms with van der Waals surface area (Å²) >= 11 is 3.04. The number of rotatable bonds is 10. The van der Waals surface area contributed by atoms with Crippen LogP contribution in [0.3, 0.4) is 0 Å². The number of amides is 2. The predicted octanol–water partition coefficient (Wildman–Crippen LogP) is 4.69. The maximum Gasteiger partial charge on any atom is 0.248 e. The molecule has 11 heteroatoms. The minimum Gasteiger partial charge on any atom is -0.497 e. The van der Waals surface area contributed by atoms with Crippen LogP contribution in [0.1, 0.15) is 47.9 Å². The zero-order valence-corrected chi connectivity index (χ0v) is 22.8. The third kappa shape index (κ3) is 6.28. The van der Waals surface area contributed by atoms with Crippen molar-refractivity contribution in [1.82, 2.24) is 30.4 Å². The highest BCUT2D eigenvalue weighted by Gasteiger charge is 2.34. The zero-order valence-electron chi connectivity index (χ0n) is 21.2. The van der Waals surface area contributed by atoms with E-state index < -0.39 is 6.04 Å². The fraction of sp³-hybridized carbons (Fsp3) is 0.370. The molecule has 1 aliphatic carbocycles. The summed E-state index contributed by atoms with van der Waals surface area (Å²) in [6, 6.07) is 14.5. The molecule has 0 unspecified atom stereocenters. The largest absolute Gasteiger partial charge is 0.497 e. The quantitative estimate of drug-likeness (QED) is 0.307. The molecule has 4 aromatic rings. The van der Waals surface area contributed by atoms with Crippen LogP contribution in [-0.2, 0) is 22.7 Å². The smallest absolute Gasteiger partial charge is 0.248 e. The van der Waals surface area contributed by atoms with Crippen LogP contribution in [0.2, 0.25) is 0 Å². The Morgan fingerprint density at radius 1 is 1.08 bits per heavy atom. The number of hydrogen-bond donors (Lipinski definition) is 1. The first-order valence-corrected chi connectivity index (χ1v) is 14.4. The maximum absolute atomic E-state index is 13.8. The van der Waals surface area contributed by atoms with Crippen LogP contribution in [0, 0.1) is 0 Å². The van der Waals surface area contributed by atoms with E-state index in [-0.39, 0.29) is 24.4 Å². The van der Waals surface area contributed by atoms with E-state index >= 15 is 0 Å². The highest BCUT2D eigenvalue weighted by molar-refractivity contribution is 7.10. The van der Waals surface area contributed by atoms with Crippen molar-refractivity contribution in [1.29, 1.82) is 0 Å². The Hall–Kier alpha value is -3.57. The molecule has 3 heterocycles. The molecule has 2 amide bonds. The predicted molar refractivity (Wildman–Crippen MR) is 147 cm³/mol. The topological polar surface area (TPSA) is 102 Å². The SMILES string of the molecule is COc1ccc(-c2nnn(CC(=O)N(Cc3cccs3)[C@@H](C(=O)NC3CCCCC3)c3cccs3)n2)cc1. The van der Waals surface area contributed by atoms with E-state index in [0.717, 1.165) is 46.8 Å². The molecule has 38 heavy (non-hydrogen) atoms. The molecule has 1 aliphatic rings. The lowest BCUT2D eigenvalue weighted by Gasteiger charge is -2.32. The summed E-state index contributed by atoms with van der Waals surface area (Å²) < 4.78 is 5.21. The summed E-state index contributed by atoms with van der Waals surface area (Å²) in [5, 5.41) is 19.8. The Morgan fingerprint density at radius 3 is 2.53 bits per heavy atom. The Kier molecular flexibility index (Phi) is 8.44. The number of carbonyl (C=O) groups excluding carboxylic acids is 2. The number of tetrazole rings is 1. The fourth-order valence-corrected chi connectivity index (χ4v) is 6.21. The van der Waals surface area contributed by atoms with Crippen LogP contribution in [0.15, 0.2) is 59.3 Å². The maximum atomic E-state index is 13.8. The average molecular weight is 551 g/mol. The molecule has 0 aliphatic heterocycles. The van der Waals surface area contributed by atoms with Gasteiger partial charge in [0.2, 0.25) is 17.6 Å². The van der Waals surface area contributed by atoms with Gasteiger partial charge in [0, 0.05) is 21.4 Å². The molecule has 1 fully saturated rings. The monoisotopic (exact) mass is 550 g/mol.